The van der Waals surface area contributed by atoms with Crippen molar-refractivity contribution in [2.24, 2.45) is 0 Å². The minimum Gasteiger partial charge on any atom is -0.336 e. The summed E-state index contributed by atoms with van der Waals surface area (Å²) in [5.74, 6) is -0.0380. The first-order valence-electron chi connectivity index (χ1n) is 7.35. The van der Waals surface area contributed by atoms with Gasteiger partial charge in [0.15, 0.2) is 0 Å². The number of anilines is 1. The highest BCUT2D eigenvalue weighted by Gasteiger charge is 2.35. The molecule has 1 heterocycles. The van der Waals surface area contributed by atoms with E-state index < -0.39 is 6.04 Å². The summed E-state index contributed by atoms with van der Waals surface area (Å²) in [6.45, 7) is 8.68. The number of carbonyl (C=O) groups excluding carboxylic acids is 2. The third kappa shape index (κ3) is 3.35. The van der Waals surface area contributed by atoms with Gasteiger partial charge in [-0.1, -0.05) is 17.7 Å². The zero-order chi connectivity index (χ0) is 15.6. The molecule has 0 aromatic heterocycles. The molecular formula is C16H23N3O2. The summed E-state index contributed by atoms with van der Waals surface area (Å²) in [5, 5.41) is 2.84. The first-order chi connectivity index (χ1) is 9.90. The molecule has 0 bridgehead atoms. The summed E-state index contributed by atoms with van der Waals surface area (Å²) in [7, 11) is 0. The second-order valence-electron chi connectivity index (χ2n) is 5.80. The molecule has 3 amide bonds. The van der Waals surface area contributed by atoms with Crippen molar-refractivity contribution in [2.45, 2.75) is 39.8 Å². The average Bonchev–Trinajstić information content (AvgIpc) is 2.42. The van der Waals surface area contributed by atoms with E-state index >= 15 is 0 Å². The fourth-order valence-electron chi connectivity index (χ4n) is 2.46. The molecule has 0 saturated carbocycles. The number of carbonyl (C=O) groups is 2. The van der Waals surface area contributed by atoms with Crippen molar-refractivity contribution in [3.8, 4) is 0 Å². The van der Waals surface area contributed by atoms with Crippen molar-refractivity contribution in [1.82, 2.24) is 10.2 Å². The molecule has 1 N–H and O–H groups in total. The Morgan fingerprint density at radius 2 is 1.86 bits per heavy atom. The molecule has 21 heavy (non-hydrogen) atoms. The van der Waals surface area contributed by atoms with E-state index in [0.29, 0.717) is 13.1 Å². The number of hydrogen-bond acceptors (Lipinski definition) is 2. The van der Waals surface area contributed by atoms with Crippen molar-refractivity contribution in [2.75, 3.05) is 18.0 Å². The van der Waals surface area contributed by atoms with E-state index in [9.17, 15) is 9.59 Å². The highest BCUT2D eigenvalue weighted by atomic mass is 16.2. The number of amides is 3. The van der Waals surface area contributed by atoms with Crippen molar-refractivity contribution in [3.63, 3.8) is 0 Å². The van der Waals surface area contributed by atoms with Crippen LogP contribution in [-0.2, 0) is 4.79 Å². The largest absolute Gasteiger partial charge is 0.336 e. The summed E-state index contributed by atoms with van der Waals surface area (Å²) in [6, 6.07) is 7.33. The molecule has 1 saturated heterocycles. The molecule has 0 radical (unpaired) electrons. The van der Waals surface area contributed by atoms with Crippen LogP contribution in [0.25, 0.3) is 0 Å². The first kappa shape index (κ1) is 15.4. The van der Waals surface area contributed by atoms with E-state index in [2.05, 4.69) is 5.32 Å². The maximum Gasteiger partial charge on any atom is 0.318 e. The van der Waals surface area contributed by atoms with Crippen LogP contribution in [0, 0.1) is 6.92 Å². The predicted octanol–water partition coefficient (Wildman–Crippen LogP) is 2.15. The van der Waals surface area contributed by atoms with Gasteiger partial charge in [0.25, 0.3) is 0 Å². The summed E-state index contributed by atoms with van der Waals surface area (Å²) in [4.78, 5) is 28.0. The number of benzene rings is 1. The van der Waals surface area contributed by atoms with Crippen LogP contribution in [0.15, 0.2) is 24.3 Å². The zero-order valence-corrected chi connectivity index (χ0v) is 13.1. The summed E-state index contributed by atoms with van der Waals surface area (Å²) in [5.41, 5.74) is 2.05. The molecular weight excluding hydrogens is 266 g/mol. The Bertz CT molecular complexity index is 525. The molecule has 5 nitrogen and oxygen atoms in total. The lowest BCUT2D eigenvalue weighted by Gasteiger charge is -2.39. The maximum absolute atomic E-state index is 12.5. The highest BCUT2D eigenvalue weighted by Crippen LogP contribution is 2.21. The van der Waals surface area contributed by atoms with Crippen LogP contribution in [0.4, 0.5) is 10.5 Å². The van der Waals surface area contributed by atoms with Gasteiger partial charge in [0.2, 0.25) is 5.91 Å². The van der Waals surface area contributed by atoms with E-state index in [-0.39, 0.29) is 18.0 Å². The van der Waals surface area contributed by atoms with Crippen LogP contribution >= 0.6 is 0 Å². The molecule has 1 aromatic rings. The molecule has 1 aliphatic heterocycles. The van der Waals surface area contributed by atoms with Gasteiger partial charge in [0.05, 0.1) is 0 Å². The van der Waals surface area contributed by atoms with Gasteiger partial charge in [-0.05, 0) is 39.8 Å². The number of nitrogens with zero attached hydrogens (tertiary/aromatic N) is 2. The Labute approximate surface area is 125 Å². The van der Waals surface area contributed by atoms with Gasteiger partial charge >= 0.3 is 6.03 Å². The molecule has 0 unspecified atom stereocenters. The van der Waals surface area contributed by atoms with Gasteiger partial charge in [-0.25, -0.2) is 4.79 Å². The Morgan fingerprint density at radius 3 is 2.43 bits per heavy atom. The molecule has 1 aliphatic rings. The van der Waals surface area contributed by atoms with E-state index in [4.69, 9.17) is 0 Å². The summed E-state index contributed by atoms with van der Waals surface area (Å²) >= 11 is 0. The standard InChI is InChI=1S/C16H23N3O2/c1-11(2)17-16(21)18-9-10-19(15(20)13(18)4)14-7-5-12(3)6-8-14/h5-8,11,13H,9-10H2,1-4H3,(H,17,21)/t13-/m0/s1. The van der Waals surface area contributed by atoms with Crippen molar-refractivity contribution < 1.29 is 9.59 Å². The summed E-state index contributed by atoms with van der Waals surface area (Å²) in [6.07, 6.45) is 0. The average molecular weight is 289 g/mol. The van der Waals surface area contributed by atoms with Crippen LogP contribution in [0.2, 0.25) is 0 Å². The molecule has 1 aromatic carbocycles. The smallest absolute Gasteiger partial charge is 0.318 e. The topological polar surface area (TPSA) is 52.6 Å². The van der Waals surface area contributed by atoms with Crippen LogP contribution < -0.4 is 10.2 Å². The number of rotatable bonds is 2. The van der Waals surface area contributed by atoms with Crippen molar-refractivity contribution in [3.05, 3.63) is 29.8 Å². The molecule has 2 rings (SSSR count). The number of piperazine rings is 1. The molecule has 1 fully saturated rings. The van der Waals surface area contributed by atoms with E-state index in [1.165, 1.54) is 0 Å². The SMILES string of the molecule is Cc1ccc(N2CCN(C(=O)NC(C)C)[C@@H](C)C2=O)cc1. The second kappa shape index (κ2) is 6.16. The Morgan fingerprint density at radius 1 is 1.24 bits per heavy atom. The zero-order valence-electron chi connectivity index (χ0n) is 13.1. The van der Waals surface area contributed by atoms with Crippen LogP contribution in [0.1, 0.15) is 26.3 Å². The van der Waals surface area contributed by atoms with Crippen molar-refractivity contribution >= 4 is 17.6 Å². The van der Waals surface area contributed by atoms with Crippen LogP contribution in [-0.4, -0.2) is 42.0 Å². The van der Waals surface area contributed by atoms with E-state index in [0.717, 1.165) is 11.3 Å². The fourth-order valence-corrected chi connectivity index (χ4v) is 2.46. The lowest BCUT2D eigenvalue weighted by atomic mass is 10.1. The van der Waals surface area contributed by atoms with Gasteiger partial charge in [-0.2, -0.15) is 0 Å². The third-order valence-corrected chi connectivity index (χ3v) is 3.67. The van der Waals surface area contributed by atoms with Gasteiger partial charge < -0.3 is 15.1 Å². The van der Waals surface area contributed by atoms with Gasteiger partial charge in [0, 0.05) is 24.8 Å². The lowest BCUT2D eigenvalue weighted by molar-refractivity contribution is -0.124. The maximum atomic E-state index is 12.5. The summed E-state index contributed by atoms with van der Waals surface area (Å²) < 4.78 is 0. The number of hydrogen-bond donors (Lipinski definition) is 1. The lowest BCUT2D eigenvalue weighted by Crippen LogP contribution is -2.60. The second-order valence-corrected chi connectivity index (χ2v) is 5.80. The van der Waals surface area contributed by atoms with Gasteiger partial charge in [-0.15, -0.1) is 0 Å². The third-order valence-electron chi connectivity index (χ3n) is 3.67. The molecule has 0 aliphatic carbocycles. The highest BCUT2D eigenvalue weighted by molar-refractivity contribution is 6.00. The Kier molecular flexibility index (Phi) is 4.50. The molecule has 0 spiro atoms. The Balaban J connectivity index is 2.10. The first-order valence-corrected chi connectivity index (χ1v) is 7.35. The van der Waals surface area contributed by atoms with E-state index in [1.807, 2.05) is 45.0 Å². The monoisotopic (exact) mass is 289 g/mol. The normalized spacial score (nSPS) is 19.1. The molecule has 5 heteroatoms. The quantitative estimate of drug-likeness (QED) is 0.907. The van der Waals surface area contributed by atoms with Crippen LogP contribution in [0.5, 0.6) is 0 Å². The van der Waals surface area contributed by atoms with Gasteiger partial charge in [0.1, 0.15) is 6.04 Å². The predicted molar refractivity (Wildman–Crippen MR) is 83.4 cm³/mol. The minimum absolute atomic E-state index is 0.0380. The van der Waals surface area contributed by atoms with Crippen LogP contribution in [0.3, 0.4) is 0 Å². The molecule has 1 atom stereocenters. The molecule has 114 valence electrons. The Hall–Kier alpha value is -2.04. The minimum atomic E-state index is -0.446. The number of nitrogens with one attached hydrogen (secondary N) is 1. The fraction of sp³-hybridized carbons (Fsp3) is 0.500. The number of aryl methyl sites for hydroxylation is 1. The number of urea groups is 1. The van der Waals surface area contributed by atoms with Gasteiger partial charge in [-0.3, -0.25) is 4.79 Å². The van der Waals surface area contributed by atoms with Crippen molar-refractivity contribution in [1.29, 1.82) is 0 Å². The van der Waals surface area contributed by atoms with E-state index in [1.54, 1.807) is 16.7 Å².